The fourth-order valence-electron chi connectivity index (χ4n) is 3.79. The first-order valence-corrected chi connectivity index (χ1v) is 7.34. The minimum absolute atomic E-state index is 0.128. The molecule has 1 aromatic rings. The Morgan fingerprint density at radius 2 is 2.20 bits per heavy atom. The van der Waals surface area contributed by atoms with Gasteiger partial charge in [0.15, 0.2) is 0 Å². The van der Waals surface area contributed by atoms with Crippen LogP contribution in [-0.4, -0.2) is 46.7 Å². The van der Waals surface area contributed by atoms with E-state index in [-0.39, 0.29) is 11.5 Å². The Balaban J connectivity index is 1.67. The Morgan fingerprint density at radius 3 is 2.80 bits per heavy atom. The summed E-state index contributed by atoms with van der Waals surface area (Å²) in [7, 11) is 2.06. The zero-order valence-corrected chi connectivity index (χ0v) is 12.5. The third-order valence-electron chi connectivity index (χ3n) is 4.98. The zero-order valence-electron chi connectivity index (χ0n) is 12.5. The summed E-state index contributed by atoms with van der Waals surface area (Å²) in [6.07, 6.45) is 4.21. The van der Waals surface area contributed by atoms with E-state index in [1.54, 1.807) is 13.1 Å². The summed E-state index contributed by atoms with van der Waals surface area (Å²) < 4.78 is 15.1. The lowest BCUT2D eigenvalue weighted by molar-refractivity contribution is -0.129. The zero-order chi connectivity index (χ0) is 14.4. The van der Waals surface area contributed by atoms with Gasteiger partial charge in [0, 0.05) is 42.9 Å². The largest absolute Gasteiger partial charge is 0.351 e. The molecule has 2 heterocycles. The van der Waals surface area contributed by atoms with E-state index >= 15 is 4.39 Å². The molecule has 1 spiro atoms. The predicted octanol–water partition coefficient (Wildman–Crippen LogP) is 2.41. The average molecular weight is 278 g/mol. The number of halogens is 1. The number of rotatable bonds is 2. The van der Waals surface area contributed by atoms with E-state index in [2.05, 4.69) is 27.2 Å². The molecule has 20 heavy (non-hydrogen) atoms. The molecule has 5 heteroatoms. The topological polar surface area (TPSA) is 41.1 Å². The molecular weight excluding hydrogens is 255 g/mol. The second kappa shape index (κ2) is 4.65. The molecule has 0 amide bonds. The summed E-state index contributed by atoms with van der Waals surface area (Å²) in [5.41, 5.74) is -0.314. The molecular formula is C15H23FN4. The van der Waals surface area contributed by atoms with Gasteiger partial charge < -0.3 is 10.2 Å². The lowest BCUT2D eigenvalue weighted by Crippen LogP contribution is -2.66. The highest BCUT2D eigenvalue weighted by molar-refractivity contribution is 5.28. The van der Waals surface area contributed by atoms with Gasteiger partial charge in [-0.25, -0.2) is 14.4 Å². The number of nitrogens with zero attached hydrogens (tertiary/aromatic N) is 3. The molecule has 2 fully saturated rings. The number of nitrogens with one attached hydrogen (secondary N) is 1. The molecule has 0 bridgehead atoms. The summed E-state index contributed by atoms with van der Waals surface area (Å²) in [4.78, 5) is 10.8. The van der Waals surface area contributed by atoms with Gasteiger partial charge in [-0.2, -0.15) is 0 Å². The maximum atomic E-state index is 15.1. The highest BCUT2D eigenvalue weighted by atomic mass is 19.1. The normalized spacial score (nSPS) is 32.9. The highest BCUT2D eigenvalue weighted by Gasteiger charge is 2.58. The van der Waals surface area contributed by atoms with Gasteiger partial charge >= 0.3 is 0 Å². The standard InChI is InChI=1S/C15H23FN4/c1-11-5-7-17-13(18-11)19-12-4-6-15(9-20(3)10-15)14(2,16)8-12/h5,7,12H,4,6,8-10H2,1-3H3,(H,17,18,19). The molecule has 1 N–H and O–H groups in total. The number of aryl methyl sites for hydroxylation is 1. The van der Waals surface area contributed by atoms with Crippen LogP contribution < -0.4 is 5.32 Å². The van der Waals surface area contributed by atoms with Crippen LogP contribution in [0.15, 0.2) is 12.3 Å². The van der Waals surface area contributed by atoms with Crippen molar-refractivity contribution in [1.29, 1.82) is 0 Å². The minimum atomic E-state index is -1.11. The molecule has 1 saturated heterocycles. The summed E-state index contributed by atoms with van der Waals surface area (Å²) in [5, 5.41) is 3.30. The van der Waals surface area contributed by atoms with Crippen molar-refractivity contribution < 1.29 is 4.39 Å². The number of aromatic nitrogens is 2. The average Bonchev–Trinajstić information content (AvgIpc) is 2.31. The predicted molar refractivity (Wildman–Crippen MR) is 77.5 cm³/mol. The maximum Gasteiger partial charge on any atom is 0.223 e. The number of anilines is 1. The van der Waals surface area contributed by atoms with Crippen molar-refractivity contribution >= 4 is 5.95 Å². The molecule has 3 rings (SSSR count). The Hall–Kier alpha value is -1.23. The second-order valence-electron chi connectivity index (χ2n) is 6.76. The van der Waals surface area contributed by atoms with E-state index in [0.717, 1.165) is 31.6 Å². The first kappa shape index (κ1) is 13.7. The Kier molecular flexibility index (Phi) is 3.20. The second-order valence-corrected chi connectivity index (χ2v) is 6.76. The number of hydrogen-bond acceptors (Lipinski definition) is 4. The fourth-order valence-corrected chi connectivity index (χ4v) is 3.79. The van der Waals surface area contributed by atoms with Crippen LogP contribution in [0.3, 0.4) is 0 Å². The van der Waals surface area contributed by atoms with Gasteiger partial charge in [-0.05, 0) is 39.8 Å². The molecule has 0 radical (unpaired) electrons. The lowest BCUT2D eigenvalue weighted by atomic mass is 9.59. The number of likely N-dealkylation sites (tertiary alicyclic amines) is 1. The van der Waals surface area contributed by atoms with E-state index in [1.165, 1.54) is 0 Å². The minimum Gasteiger partial charge on any atom is -0.351 e. The van der Waals surface area contributed by atoms with Gasteiger partial charge in [-0.15, -0.1) is 0 Å². The van der Waals surface area contributed by atoms with Crippen LogP contribution in [0.25, 0.3) is 0 Å². The van der Waals surface area contributed by atoms with Crippen molar-refractivity contribution in [3.63, 3.8) is 0 Å². The van der Waals surface area contributed by atoms with Gasteiger partial charge in [-0.3, -0.25) is 0 Å². The number of alkyl halides is 1. The smallest absolute Gasteiger partial charge is 0.223 e. The van der Waals surface area contributed by atoms with E-state index < -0.39 is 5.67 Å². The molecule has 4 nitrogen and oxygen atoms in total. The van der Waals surface area contributed by atoms with E-state index in [0.29, 0.717) is 12.4 Å². The van der Waals surface area contributed by atoms with Gasteiger partial charge in [0.25, 0.3) is 0 Å². The van der Waals surface area contributed by atoms with Crippen LogP contribution >= 0.6 is 0 Å². The van der Waals surface area contributed by atoms with Crippen molar-refractivity contribution in [3.8, 4) is 0 Å². The van der Waals surface area contributed by atoms with E-state index in [9.17, 15) is 0 Å². The monoisotopic (exact) mass is 278 g/mol. The van der Waals surface area contributed by atoms with Crippen molar-refractivity contribution in [2.75, 3.05) is 25.5 Å². The third kappa shape index (κ3) is 2.28. The van der Waals surface area contributed by atoms with Crippen LogP contribution in [0, 0.1) is 12.3 Å². The van der Waals surface area contributed by atoms with Crippen LogP contribution in [0.4, 0.5) is 10.3 Å². The Morgan fingerprint density at radius 1 is 1.45 bits per heavy atom. The molecule has 1 aliphatic carbocycles. The van der Waals surface area contributed by atoms with Crippen LogP contribution in [0.2, 0.25) is 0 Å². The molecule has 110 valence electrons. The van der Waals surface area contributed by atoms with Crippen LogP contribution in [0.5, 0.6) is 0 Å². The highest BCUT2D eigenvalue weighted by Crippen LogP contribution is 2.52. The molecule has 2 aliphatic rings. The van der Waals surface area contributed by atoms with Gasteiger partial charge in [0.1, 0.15) is 5.67 Å². The van der Waals surface area contributed by atoms with Gasteiger partial charge in [0.2, 0.25) is 5.95 Å². The lowest BCUT2D eigenvalue weighted by Gasteiger charge is -2.58. The summed E-state index contributed by atoms with van der Waals surface area (Å²) in [6.45, 7) is 5.47. The van der Waals surface area contributed by atoms with Crippen LogP contribution in [0.1, 0.15) is 31.9 Å². The quantitative estimate of drug-likeness (QED) is 0.902. The Labute approximate surface area is 119 Å². The van der Waals surface area contributed by atoms with Gasteiger partial charge in [-0.1, -0.05) is 0 Å². The summed E-state index contributed by atoms with van der Waals surface area (Å²) in [6, 6.07) is 1.99. The summed E-state index contributed by atoms with van der Waals surface area (Å²) in [5.74, 6) is 0.618. The van der Waals surface area contributed by atoms with Crippen molar-refractivity contribution in [2.45, 2.75) is 44.8 Å². The maximum absolute atomic E-state index is 15.1. The Bertz CT molecular complexity index is 496. The fraction of sp³-hybridized carbons (Fsp3) is 0.733. The molecule has 0 aromatic carbocycles. The number of hydrogen-bond donors (Lipinski definition) is 1. The molecule has 2 atom stereocenters. The molecule has 1 aliphatic heterocycles. The summed E-state index contributed by atoms with van der Waals surface area (Å²) >= 11 is 0. The van der Waals surface area contributed by atoms with Crippen molar-refractivity contribution in [3.05, 3.63) is 18.0 Å². The molecule has 1 aromatic heterocycles. The SMILES string of the molecule is Cc1ccnc(NC2CCC3(CN(C)C3)C(C)(F)C2)n1. The molecule has 2 unspecified atom stereocenters. The third-order valence-corrected chi connectivity index (χ3v) is 4.98. The molecule has 1 saturated carbocycles. The van der Waals surface area contributed by atoms with Crippen molar-refractivity contribution in [1.82, 2.24) is 14.9 Å². The first-order valence-electron chi connectivity index (χ1n) is 7.34. The van der Waals surface area contributed by atoms with E-state index in [4.69, 9.17) is 0 Å². The van der Waals surface area contributed by atoms with Gasteiger partial charge in [0.05, 0.1) is 0 Å². The van der Waals surface area contributed by atoms with Crippen LogP contribution in [-0.2, 0) is 0 Å². The first-order chi connectivity index (χ1) is 9.40. The van der Waals surface area contributed by atoms with Crippen molar-refractivity contribution in [2.24, 2.45) is 5.41 Å². The van der Waals surface area contributed by atoms with E-state index in [1.807, 2.05) is 13.0 Å².